The Balaban J connectivity index is 2.61. The first kappa shape index (κ1) is 14.1. The molecule has 0 atom stereocenters. The third-order valence-corrected chi connectivity index (χ3v) is 3.20. The van der Waals surface area contributed by atoms with Gasteiger partial charge in [-0.3, -0.25) is 4.79 Å². The van der Waals surface area contributed by atoms with Crippen molar-refractivity contribution in [3.63, 3.8) is 0 Å². The Morgan fingerprint density at radius 3 is 2.68 bits per heavy atom. The van der Waals surface area contributed by atoms with Gasteiger partial charge < -0.3 is 5.32 Å². The van der Waals surface area contributed by atoms with Crippen molar-refractivity contribution in [1.29, 1.82) is 0 Å². The predicted molar refractivity (Wildman–Crippen MR) is 77.4 cm³/mol. The fourth-order valence-electron chi connectivity index (χ4n) is 1.77. The predicted octanol–water partition coefficient (Wildman–Crippen LogP) is 2.57. The van der Waals surface area contributed by atoms with Crippen LogP contribution in [0, 0.1) is 6.92 Å². The monoisotopic (exact) mass is 297 g/mol. The Labute approximate surface area is 121 Å². The number of benzene rings is 1. The molecule has 0 bridgehead atoms. The van der Waals surface area contributed by atoms with E-state index >= 15 is 0 Å². The van der Waals surface area contributed by atoms with E-state index in [0.717, 1.165) is 0 Å². The highest BCUT2D eigenvalue weighted by Gasteiger charge is 2.10. The summed E-state index contributed by atoms with van der Waals surface area (Å²) in [4.78, 5) is 11.8. The van der Waals surface area contributed by atoms with Crippen LogP contribution in [-0.4, -0.2) is 16.8 Å². The van der Waals surface area contributed by atoms with E-state index in [1.807, 2.05) is 6.92 Å². The van der Waals surface area contributed by atoms with E-state index in [2.05, 4.69) is 10.4 Å². The summed E-state index contributed by atoms with van der Waals surface area (Å²) in [5.41, 5.74) is 1.77. The van der Waals surface area contributed by atoms with Crippen LogP contribution < -0.4 is 10.7 Å². The molecule has 0 amide bonds. The molecule has 0 saturated heterocycles. The van der Waals surface area contributed by atoms with Gasteiger partial charge in [-0.25, -0.2) is 4.68 Å². The SMILES string of the molecule is CNCc1nn(-c2ccc(Cl)cc2Cl)c(C)cc1=O. The molecule has 0 fully saturated rings. The number of halogens is 2. The van der Waals surface area contributed by atoms with Gasteiger partial charge >= 0.3 is 0 Å². The van der Waals surface area contributed by atoms with Crippen LogP contribution in [-0.2, 0) is 6.54 Å². The van der Waals surface area contributed by atoms with Crippen molar-refractivity contribution in [1.82, 2.24) is 15.1 Å². The molecule has 0 aliphatic carbocycles. The van der Waals surface area contributed by atoms with Crippen molar-refractivity contribution in [2.75, 3.05) is 7.05 Å². The smallest absolute Gasteiger partial charge is 0.204 e. The maximum Gasteiger partial charge on any atom is 0.204 e. The second kappa shape index (κ2) is 5.74. The van der Waals surface area contributed by atoms with Crippen LogP contribution in [0.2, 0.25) is 10.0 Å². The minimum Gasteiger partial charge on any atom is -0.314 e. The number of hydrogen-bond acceptors (Lipinski definition) is 3. The summed E-state index contributed by atoms with van der Waals surface area (Å²) in [6.45, 7) is 2.22. The molecular weight excluding hydrogens is 285 g/mol. The second-order valence-corrected chi connectivity index (χ2v) is 4.98. The average Bonchev–Trinajstić information content (AvgIpc) is 2.34. The molecule has 1 aromatic heterocycles. The molecule has 0 spiro atoms. The number of nitrogens with zero attached hydrogens (tertiary/aromatic N) is 2. The Bertz CT molecular complexity index is 667. The number of hydrogen-bond donors (Lipinski definition) is 1. The first-order valence-corrected chi connectivity index (χ1v) is 6.48. The van der Waals surface area contributed by atoms with Gasteiger partial charge in [-0.15, -0.1) is 0 Å². The van der Waals surface area contributed by atoms with Gasteiger partial charge in [0.25, 0.3) is 0 Å². The number of nitrogens with one attached hydrogen (secondary N) is 1. The number of aryl methyl sites for hydroxylation is 1. The van der Waals surface area contributed by atoms with Crippen LogP contribution in [0.15, 0.2) is 29.1 Å². The zero-order valence-corrected chi connectivity index (χ0v) is 12.1. The van der Waals surface area contributed by atoms with E-state index in [1.54, 1.807) is 36.0 Å². The van der Waals surface area contributed by atoms with Gasteiger partial charge in [0.2, 0.25) is 5.43 Å². The average molecular weight is 298 g/mol. The summed E-state index contributed by atoms with van der Waals surface area (Å²) < 4.78 is 1.65. The fourth-order valence-corrected chi connectivity index (χ4v) is 2.26. The fraction of sp³-hybridized carbons (Fsp3) is 0.231. The largest absolute Gasteiger partial charge is 0.314 e. The summed E-state index contributed by atoms with van der Waals surface area (Å²) in [6.07, 6.45) is 0. The van der Waals surface area contributed by atoms with Crippen LogP contribution in [0.1, 0.15) is 11.4 Å². The van der Waals surface area contributed by atoms with E-state index in [9.17, 15) is 4.79 Å². The minimum absolute atomic E-state index is 0.0896. The first-order valence-electron chi connectivity index (χ1n) is 5.73. The number of rotatable bonds is 3. The van der Waals surface area contributed by atoms with Gasteiger partial charge in [0, 0.05) is 23.3 Å². The van der Waals surface area contributed by atoms with Crippen LogP contribution >= 0.6 is 23.2 Å². The number of aromatic nitrogens is 2. The van der Waals surface area contributed by atoms with Crippen molar-refractivity contribution in [2.24, 2.45) is 0 Å². The maximum atomic E-state index is 11.8. The lowest BCUT2D eigenvalue weighted by atomic mass is 10.3. The third kappa shape index (κ3) is 2.97. The molecule has 1 heterocycles. The van der Waals surface area contributed by atoms with Gasteiger partial charge in [-0.1, -0.05) is 23.2 Å². The lowest BCUT2D eigenvalue weighted by molar-refractivity contribution is 0.704. The molecule has 0 saturated carbocycles. The molecule has 0 unspecified atom stereocenters. The van der Waals surface area contributed by atoms with Gasteiger partial charge in [-0.2, -0.15) is 5.10 Å². The molecule has 100 valence electrons. The molecule has 1 N–H and O–H groups in total. The Kier molecular flexibility index (Phi) is 4.24. The van der Waals surface area contributed by atoms with Crippen LogP contribution in [0.4, 0.5) is 0 Å². The Morgan fingerprint density at radius 2 is 2.05 bits per heavy atom. The zero-order valence-electron chi connectivity index (χ0n) is 10.6. The highest BCUT2D eigenvalue weighted by molar-refractivity contribution is 6.35. The highest BCUT2D eigenvalue weighted by atomic mass is 35.5. The molecular formula is C13H13Cl2N3O. The Morgan fingerprint density at radius 1 is 1.32 bits per heavy atom. The summed E-state index contributed by atoms with van der Waals surface area (Å²) in [7, 11) is 1.76. The standard InChI is InChI=1S/C13H13Cl2N3O/c1-8-5-13(19)11(7-16-2)17-18(8)12-4-3-9(14)6-10(12)15/h3-6,16H,7H2,1-2H3. The van der Waals surface area contributed by atoms with E-state index in [-0.39, 0.29) is 5.43 Å². The van der Waals surface area contributed by atoms with E-state index < -0.39 is 0 Å². The van der Waals surface area contributed by atoms with Gasteiger partial charge in [-0.05, 0) is 32.2 Å². The summed E-state index contributed by atoms with van der Waals surface area (Å²) in [5.74, 6) is 0. The molecule has 0 aliphatic rings. The molecule has 0 radical (unpaired) electrons. The maximum absolute atomic E-state index is 11.8. The third-order valence-electron chi connectivity index (χ3n) is 2.66. The summed E-state index contributed by atoms with van der Waals surface area (Å²) in [6, 6.07) is 6.71. The van der Waals surface area contributed by atoms with Crippen molar-refractivity contribution in [3.8, 4) is 5.69 Å². The molecule has 19 heavy (non-hydrogen) atoms. The van der Waals surface area contributed by atoms with E-state index in [0.29, 0.717) is 33.7 Å². The van der Waals surface area contributed by atoms with Crippen molar-refractivity contribution in [3.05, 3.63) is 55.9 Å². The summed E-state index contributed by atoms with van der Waals surface area (Å²) >= 11 is 12.0. The van der Waals surface area contributed by atoms with Crippen LogP contribution in [0.3, 0.4) is 0 Å². The van der Waals surface area contributed by atoms with Crippen molar-refractivity contribution >= 4 is 23.2 Å². The lowest BCUT2D eigenvalue weighted by Crippen LogP contribution is -2.22. The Hall–Kier alpha value is -1.36. The van der Waals surface area contributed by atoms with Crippen molar-refractivity contribution in [2.45, 2.75) is 13.5 Å². The van der Waals surface area contributed by atoms with E-state index in [4.69, 9.17) is 23.2 Å². The van der Waals surface area contributed by atoms with Crippen LogP contribution in [0.25, 0.3) is 5.69 Å². The van der Waals surface area contributed by atoms with Crippen LogP contribution in [0.5, 0.6) is 0 Å². The van der Waals surface area contributed by atoms with Gasteiger partial charge in [0.05, 0.1) is 10.7 Å². The minimum atomic E-state index is -0.0896. The topological polar surface area (TPSA) is 46.9 Å². The van der Waals surface area contributed by atoms with Gasteiger partial charge in [0.1, 0.15) is 5.69 Å². The van der Waals surface area contributed by atoms with Gasteiger partial charge in [0.15, 0.2) is 0 Å². The quantitative estimate of drug-likeness (QED) is 0.947. The molecule has 2 aromatic rings. The lowest BCUT2D eigenvalue weighted by Gasteiger charge is -2.12. The summed E-state index contributed by atoms with van der Waals surface area (Å²) in [5, 5.41) is 8.30. The highest BCUT2D eigenvalue weighted by Crippen LogP contribution is 2.24. The molecule has 4 nitrogen and oxygen atoms in total. The van der Waals surface area contributed by atoms with Crippen molar-refractivity contribution < 1.29 is 0 Å². The molecule has 1 aromatic carbocycles. The first-order chi connectivity index (χ1) is 9.02. The molecule has 6 heteroatoms. The normalized spacial score (nSPS) is 10.7. The second-order valence-electron chi connectivity index (χ2n) is 4.13. The molecule has 0 aliphatic heterocycles. The van der Waals surface area contributed by atoms with E-state index in [1.165, 1.54) is 0 Å². The zero-order chi connectivity index (χ0) is 14.0. The molecule has 2 rings (SSSR count).